The highest BCUT2D eigenvalue weighted by Gasteiger charge is 2.17. The van der Waals surface area contributed by atoms with Crippen molar-refractivity contribution in [3.8, 4) is 6.07 Å². The topological polar surface area (TPSA) is 53.0 Å². The normalized spacial score (nSPS) is 15.6. The summed E-state index contributed by atoms with van der Waals surface area (Å²) in [5.74, 6) is 0. The van der Waals surface area contributed by atoms with Gasteiger partial charge in [0.1, 0.15) is 5.54 Å². The zero-order chi connectivity index (χ0) is 11.2. The first-order valence-corrected chi connectivity index (χ1v) is 5.37. The van der Waals surface area contributed by atoms with Crippen LogP contribution >= 0.6 is 0 Å². The van der Waals surface area contributed by atoms with E-state index in [2.05, 4.69) is 31.7 Å². The number of nitrogens with two attached hydrogens (primary N) is 1. The Balaban J connectivity index is 3.79. The number of hydrogen-bond acceptors (Lipinski definition) is 3. The highest BCUT2D eigenvalue weighted by molar-refractivity contribution is 5.00. The second-order valence-electron chi connectivity index (χ2n) is 4.36. The fourth-order valence-electron chi connectivity index (χ4n) is 1.49. The van der Waals surface area contributed by atoms with Gasteiger partial charge in [-0.25, -0.2) is 0 Å². The molecule has 0 aromatic carbocycles. The molecule has 0 aromatic rings. The molecule has 3 nitrogen and oxygen atoms in total. The molecule has 0 fully saturated rings. The molecule has 0 aromatic heterocycles. The largest absolute Gasteiger partial charge is 0.314 e. The molecule has 14 heavy (non-hydrogen) atoms. The lowest BCUT2D eigenvalue weighted by molar-refractivity contribution is 0.225. The van der Waals surface area contributed by atoms with Gasteiger partial charge in [-0.15, -0.1) is 0 Å². The van der Waals surface area contributed by atoms with Crippen LogP contribution in [0.1, 0.15) is 40.5 Å². The molecule has 0 radical (unpaired) electrons. The highest BCUT2D eigenvalue weighted by atomic mass is 15.1. The lowest BCUT2D eigenvalue weighted by Gasteiger charge is -2.25. The van der Waals surface area contributed by atoms with E-state index in [1.807, 2.05) is 0 Å². The maximum absolute atomic E-state index is 8.74. The van der Waals surface area contributed by atoms with Gasteiger partial charge in [0.25, 0.3) is 0 Å². The third kappa shape index (κ3) is 5.21. The van der Waals surface area contributed by atoms with Gasteiger partial charge in [0.15, 0.2) is 0 Å². The third-order valence-corrected chi connectivity index (χ3v) is 2.53. The maximum atomic E-state index is 8.74. The van der Waals surface area contributed by atoms with E-state index < -0.39 is 5.54 Å². The summed E-state index contributed by atoms with van der Waals surface area (Å²) >= 11 is 0. The van der Waals surface area contributed by atoms with E-state index in [4.69, 9.17) is 11.0 Å². The van der Waals surface area contributed by atoms with Crippen LogP contribution in [0, 0.1) is 11.3 Å². The average Bonchev–Trinajstić information content (AvgIpc) is 2.12. The number of hydrogen-bond donors (Lipinski definition) is 1. The van der Waals surface area contributed by atoms with Crippen LogP contribution in [0.2, 0.25) is 0 Å². The number of nitrogens with zero attached hydrogens (tertiary/aromatic N) is 2. The Morgan fingerprint density at radius 2 is 2.07 bits per heavy atom. The summed E-state index contributed by atoms with van der Waals surface area (Å²) in [5, 5.41) is 8.74. The predicted octanol–water partition coefficient (Wildman–Crippen LogP) is 1.74. The zero-order valence-electron chi connectivity index (χ0n) is 9.88. The molecule has 0 heterocycles. The molecule has 0 spiro atoms. The molecule has 0 amide bonds. The molecule has 0 saturated carbocycles. The molecule has 1 atom stereocenters. The van der Waals surface area contributed by atoms with Crippen molar-refractivity contribution in [3.05, 3.63) is 0 Å². The first-order valence-electron chi connectivity index (χ1n) is 5.37. The van der Waals surface area contributed by atoms with Gasteiger partial charge in [-0.1, -0.05) is 6.92 Å². The van der Waals surface area contributed by atoms with Gasteiger partial charge in [-0.3, -0.25) is 0 Å². The summed E-state index contributed by atoms with van der Waals surface area (Å²) in [6.45, 7) is 10.4. The molecule has 0 rings (SSSR count). The van der Waals surface area contributed by atoms with Crippen LogP contribution in [0.25, 0.3) is 0 Å². The molecule has 0 aliphatic heterocycles. The van der Waals surface area contributed by atoms with Crippen LogP contribution in [-0.4, -0.2) is 29.6 Å². The number of nitriles is 1. The van der Waals surface area contributed by atoms with Crippen molar-refractivity contribution in [2.75, 3.05) is 13.1 Å². The number of rotatable bonds is 6. The fraction of sp³-hybridized carbons (Fsp3) is 0.909. The molecule has 3 heteroatoms. The van der Waals surface area contributed by atoms with Crippen molar-refractivity contribution in [2.45, 2.75) is 52.1 Å². The van der Waals surface area contributed by atoms with Gasteiger partial charge in [0, 0.05) is 6.04 Å². The molecule has 0 aliphatic carbocycles. The van der Waals surface area contributed by atoms with E-state index >= 15 is 0 Å². The summed E-state index contributed by atoms with van der Waals surface area (Å²) in [6, 6.07) is 2.70. The van der Waals surface area contributed by atoms with E-state index in [1.165, 1.54) is 0 Å². The molecular formula is C11H23N3. The van der Waals surface area contributed by atoms with Crippen molar-refractivity contribution in [1.82, 2.24) is 4.90 Å². The van der Waals surface area contributed by atoms with Crippen molar-refractivity contribution < 1.29 is 0 Å². The van der Waals surface area contributed by atoms with Crippen LogP contribution in [0.15, 0.2) is 0 Å². The summed E-state index contributed by atoms with van der Waals surface area (Å²) in [7, 11) is 0. The van der Waals surface area contributed by atoms with Gasteiger partial charge in [-0.05, 0) is 46.7 Å². The van der Waals surface area contributed by atoms with Gasteiger partial charge < -0.3 is 10.6 Å². The Morgan fingerprint density at radius 3 is 2.43 bits per heavy atom. The van der Waals surface area contributed by atoms with E-state index in [9.17, 15) is 0 Å². The van der Waals surface area contributed by atoms with Crippen LogP contribution in [0.4, 0.5) is 0 Å². The minimum Gasteiger partial charge on any atom is -0.314 e. The first kappa shape index (κ1) is 13.4. The average molecular weight is 197 g/mol. The van der Waals surface area contributed by atoms with Gasteiger partial charge in [0.05, 0.1) is 6.07 Å². The smallest absolute Gasteiger partial charge is 0.101 e. The van der Waals surface area contributed by atoms with E-state index in [1.54, 1.807) is 6.92 Å². The molecule has 0 aliphatic rings. The highest BCUT2D eigenvalue weighted by Crippen LogP contribution is 2.09. The second-order valence-corrected chi connectivity index (χ2v) is 4.36. The molecule has 0 bridgehead atoms. The standard InChI is InChI=1S/C11H23N3/c1-5-14(10(2)3)8-6-7-11(4,13)9-12/h10H,5-8,13H2,1-4H3. The van der Waals surface area contributed by atoms with Gasteiger partial charge in [-0.2, -0.15) is 5.26 Å². The Labute approximate surface area is 87.9 Å². The minimum atomic E-state index is -0.656. The first-order chi connectivity index (χ1) is 6.43. The van der Waals surface area contributed by atoms with Crippen LogP contribution in [0.3, 0.4) is 0 Å². The SMILES string of the molecule is CCN(CCCC(C)(N)C#N)C(C)C. The van der Waals surface area contributed by atoms with E-state index in [0.717, 1.165) is 25.9 Å². The second kappa shape index (κ2) is 6.00. The summed E-state index contributed by atoms with van der Waals surface area (Å²) in [4.78, 5) is 2.38. The lowest BCUT2D eigenvalue weighted by Crippen LogP contribution is -2.37. The van der Waals surface area contributed by atoms with Crippen molar-refractivity contribution >= 4 is 0 Å². The molecule has 1 unspecified atom stereocenters. The van der Waals surface area contributed by atoms with Crippen LogP contribution in [-0.2, 0) is 0 Å². The van der Waals surface area contributed by atoms with Gasteiger partial charge >= 0.3 is 0 Å². The fourth-order valence-corrected chi connectivity index (χ4v) is 1.49. The van der Waals surface area contributed by atoms with Crippen molar-refractivity contribution in [3.63, 3.8) is 0 Å². The van der Waals surface area contributed by atoms with E-state index in [-0.39, 0.29) is 0 Å². The Bertz CT molecular complexity index is 191. The van der Waals surface area contributed by atoms with E-state index in [0.29, 0.717) is 6.04 Å². The predicted molar refractivity (Wildman–Crippen MR) is 59.8 cm³/mol. The maximum Gasteiger partial charge on any atom is 0.101 e. The Hall–Kier alpha value is -0.590. The Kier molecular flexibility index (Phi) is 5.75. The molecular weight excluding hydrogens is 174 g/mol. The molecule has 0 saturated heterocycles. The summed E-state index contributed by atoms with van der Waals surface area (Å²) in [5.41, 5.74) is 5.08. The molecule has 2 N–H and O–H groups in total. The monoisotopic (exact) mass is 197 g/mol. The quantitative estimate of drug-likeness (QED) is 0.705. The van der Waals surface area contributed by atoms with Crippen molar-refractivity contribution in [2.24, 2.45) is 5.73 Å². The van der Waals surface area contributed by atoms with Gasteiger partial charge in [0.2, 0.25) is 0 Å². The minimum absolute atomic E-state index is 0.575. The third-order valence-electron chi connectivity index (χ3n) is 2.53. The summed E-state index contributed by atoms with van der Waals surface area (Å²) in [6.07, 6.45) is 1.76. The lowest BCUT2D eigenvalue weighted by atomic mass is 9.99. The van der Waals surface area contributed by atoms with Crippen LogP contribution in [0.5, 0.6) is 0 Å². The summed E-state index contributed by atoms with van der Waals surface area (Å²) < 4.78 is 0. The molecule has 82 valence electrons. The van der Waals surface area contributed by atoms with Crippen LogP contribution < -0.4 is 5.73 Å². The van der Waals surface area contributed by atoms with Crippen molar-refractivity contribution in [1.29, 1.82) is 5.26 Å². The zero-order valence-corrected chi connectivity index (χ0v) is 9.88. The Morgan fingerprint density at radius 1 is 1.50 bits per heavy atom.